The van der Waals surface area contributed by atoms with Crippen LogP contribution < -0.4 is 26.2 Å². The molecular formula is C66H45BN2. The molecule has 0 bridgehead atoms. The number of para-hydroxylation sites is 2. The summed E-state index contributed by atoms with van der Waals surface area (Å²) in [4.78, 5) is 5.15. The van der Waals surface area contributed by atoms with Gasteiger partial charge in [0.15, 0.2) is 0 Å². The molecule has 0 atom stereocenters. The second-order valence-corrected chi connectivity index (χ2v) is 18.0. The lowest BCUT2D eigenvalue weighted by Gasteiger charge is -2.45. The fourth-order valence-corrected chi connectivity index (χ4v) is 10.9. The second kappa shape index (κ2) is 17.1. The normalized spacial score (nSPS) is 12.3. The van der Waals surface area contributed by atoms with Gasteiger partial charge in [0, 0.05) is 45.3 Å². The van der Waals surface area contributed by atoms with Crippen LogP contribution in [0.15, 0.2) is 273 Å². The highest BCUT2D eigenvalue weighted by atomic mass is 15.2. The highest BCUT2D eigenvalue weighted by molar-refractivity contribution is 7.00. The van der Waals surface area contributed by atoms with Crippen molar-refractivity contribution >= 4 is 57.2 Å². The van der Waals surface area contributed by atoms with Gasteiger partial charge >= 0.3 is 0 Å². The van der Waals surface area contributed by atoms with Crippen molar-refractivity contribution in [2.75, 3.05) is 9.80 Å². The lowest BCUT2D eigenvalue weighted by Crippen LogP contribution is -2.61. The number of rotatable bonds is 8. The molecule has 0 fully saturated rings. The van der Waals surface area contributed by atoms with E-state index in [1.165, 1.54) is 106 Å². The van der Waals surface area contributed by atoms with Crippen molar-refractivity contribution in [1.29, 1.82) is 0 Å². The zero-order valence-electron chi connectivity index (χ0n) is 38.0. The second-order valence-electron chi connectivity index (χ2n) is 18.0. The van der Waals surface area contributed by atoms with E-state index < -0.39 is 0 Å². The van der Waals surface area contributed by atoms with E-state index in [-0.39, 0.29) is 6.71 Å². The van der Waals surface area contributed by atoms with Crippen molar-refractivity contribution in [3.05, 3.63) is 273 Å². The lowest BCUT2D eigenvalue weighted by molar-refractivity contribution is 1.25. The zero-order chi connectivity index (χ0) is 45.7. The van der Waals surface area contributed by atoms with Crippen molar-refractivity contribution in [3.63, 3.8) is 0 Å². The molecule has 2 aliphatic rings. The van der Waals surface area contributed by atoms with Crippen molar-refractivity contribution in [2.24, 2.45) is 0 Å². The number of nitrogens with zero attached hydrogens (tertiary/aromatic N) is 2. The minimum Gasteiger partial charge on any atom is -0.311 e. The van der Waals surface area contributed by atoms with Crippen molar-refractivity contribution in [2.45, 2.75) is 0 Å². The fourth-order valence-electron chi connectivity index (χ4n) is 10.9. The van der Waals surface area contributed by atoms with Crippen LogP contribution in [0.2, 0.25) is 0 Å². The summed E-state index contributed by atoms with van der Waals surface area (Å²) in [5.41, 5.74) is 24.9. The van der Waals surface area contributed by atoms with E-state index in [9.17, 15) is 0 Å². The number of fused-ring (bicyclic) bond motifs is 4. The first kappa shape index (κ1) is 40.4. The van der Waals surface area contributed by atoms with Crippen LogP contribution >= 0.6 is 0 Å². The largest absolute Gasteiger partial charge is 0.311 e. The maximum Gasteiger partial charge on any atom is 0.252 e. The molecule has 322 valence electrons. The maximum atomic E-state index is 2.58. The molecule has 0 amide bonds. The molecule has 11 aromatic carbocycles. The average molecular weight is 877 g/mol. The third kappa shape index (κ3) is 7.06. The first-order valence-electron chi connectivity index (χ1n) is 23.9. The van der Waals surface area contributed by atoms with Gasteiger partial charge in [0.25, 0.3) is 6.71 Å². The summed E-state index contributed by atoms with van der Waals surface area (Å²) >= 11 is 0. The van der Waals surface area contributed by atoms with Crippen LogP contribution in [0.1, 0.15) is 0 Å². The minimum atomic E-state index is -0.0715. The quantitative estimate of drug-likeness (QED) is 0.140. The van der Waals surface area contributed by atoms with Crippen LogP contribution in [0, 0.1) is 0 Å². The summed E-state index contributed by atoms with van der Waals surface area (Å²) in [6.45, 7) is -0.0715. The Kier molecular flexibility index (Phi) is 9.98. The molecule has 0 radical (unpaired) electrons. The van der Waals surface area contributed by atoms with Gasteiger partial charge in [-0.3, -0.25) is 0 Å². The third-order valence-corrected chi connectivity index (χ3v) is 14.0. The van der Waals surface area contributed by atoms with E-state index in [0.29, 0.717) is 0 Å². The average Bonchev–Trinajstić information content (AvgIpc) is 3.44. The molecule has 0 saturated heterocycles. The van der Waals surface area contributed by atoms with Crippen molar-refractivity contribution in [1.82, 2.24) is 0 Å². The molecular weight excluding hydrogens is 832 g/mol. The Morgan fingerprint density at radius 2 is 0.522 bits per heavy atom. The van der Waals surface area contributed by atoms with E-state index in [1.54, 1.807) is 0 Å². The lowest BCUT2D eigenvalue weighted by atomic mass is 9.33. The molecule has 2 nitrogen and oxygen atoms in total. The van der Waals surface area contributed by atoms with Gasteiger partial charge in [-0.1, -0.05) is 224 Å². The summed E-state index contributed by atoms with van der Waals surface area (Å²) in [5, 5.41) is 0. The number of hydrogen-bond acceptors (Lipinski definition) is 2. The van der Waals surface area contributed by atoms with Crippen LogP contribution in [0.3, 0.4) is 0 Å². The van der Waals surface area contributed by atoms with Gasteiger partial charge < -0.3 is 9.80 Å². The van der Waals surface area contributed by atoms with Crippen molar-refractivity contribution in [3.8, 4) is 66.8 Å². The van der Waals surface area contributed by atoms with Gasteiger partial charge in [-0.05, 0) is 121 Å². The first-order valence-corrected chi connectivity index (χ1v) is 23.9. The summed E-state index contributed by atoms with van der Waals surface area (Å²) < 4.78 is 0. The van der Waals surface area contributed by atoms with E-state index in [0.717, 1.165) is 11.4 Å². The highest BCUT2D eigenvalue weighted by Crippen LogP contribution is 2.50. The summed E-state index contributed by atoms with van der Waals surface area (Å²) in [6.07, 6.45) is 0. The van der Waals surface area contributed by atoms with Gasteiger partial charge in [0.05, 0.1) is 0 Å². The Morgan fingerprint density at radius 3 is 0.841 bits per heavy atom. The smallest absolute Gasteiger partial charge is 0.252 e. The topological polar surface area (TPSA) is 6.48 Å². The predicted molar refractivity (Wildman–Crippen MR) is 293 cm³/mol. The SMILES string of the molecule is c1ccc(-c2cc(-c3ccccc3)cc(N3c4cccc5c4B(c4cccc(-c6ccccc6)c43)c3cccc(-c4ccccc4)c3N5c3cc(-c4ccccc4)cc(-c4ccccc4)c3)c2)cc1. The molecule has 0 spiro atoms. The third-order valence-electron chi connectivity index (χ3n) is 14.0. The van der Waals surface area contributed by atoms with Gasteiger partial charge in [-0.25, -0.2) is 0 Å². The van der Waals surface area contributed by atoms with Gasteiger partial charge in [-0.15, -0.1) is 0 Å². The molecule has 0 aromatic heterocycles. The van der Waals surface area contributed by atoms with E-state index in [4.69, 9.17) is 0 Å². The van der Waals surface area contributed by atoms with E-state index in [1.807, 2.05) is 0 Å². The molecule has 0 N–H and O–H groups in total. The van der Waals surface area contributed by atoms with E-state index in [2.05, 4.69) is 283 Å². The molecule has 3 heteroatoms. The Balaban J connectivity index is 1.14. The molecule has 2 aliphatic heterocycles. The Labute approximate surface area is 404 Å². The molecule has 11 aromatic rings. The van der Waals surface area contributed by atoms with Gasteiger partial charge in [-0.2, -0.15) is 0 Å². The fraction of sp³-hybridized carbons (Fsp3) is 0. The zero-order valence-corrected chi connectivity index (χ0v) is 38.0. The predicted octanol–water partition coefficient (Wildman–Crippen LogP) is 15.8. The first-order chi connectivity index (χ1) is 34.2. The van der Waals surface area contributed by atoms with Crippen LogP contribution in [-0.2, 0) is 0 Å². The summed E-state index contributed by atoms with van der Waals surface area (Å²) in [6, 6.07) is 100. The maximum absolute atomic E-state index is 2.58. The molecule has 2 heterocycles. The van der Waals surface area contributed by atoms with Crippen LogP contribution in [0.5, 0.6) is 0 Å². The monoisotopic (exact) mass is 876 g/mol. The molecule has 0 saturated carbocycles. The molecule has 69 heavy (non-hydrogen) atoms. The van der Waals surface area contributed by atoms with Crippen LogP contribution in [0.25, 0.3) is 66.8 Å². The Hall–Kier alpha value is -8.92. The van der Waals surface area contributed by atoms with E-state index >= 15 is 0 Å². The minimum absolute atomic E-state index is 0.0715. The number of anilines is 6. The Bertz CT molecular complexity index is 3300. The number of benzene rings is 11. The standard InChI is InChI=1S/C66H45BN2/c1-7-22-46(23-8-1)52-40-53(47-24-9-2-10-25-47)43-56(42-52)68-62-38-21-39-63-64(62)67(60-36-19-34-58(65(60)68)50-30-15-5-16-31-50)61-37-20-35-59(51-32-17-6-18-33-51)66(61)69(63)57-44-54(48-26-11-3-12-27-48)41-55(45-57)49-28-13-4-14-29-49/h1-45H. The molecule has 13 rings (SSSR count). The number of hydrogen-bond donors (Lipinski definition) is 0. The van der Waals surface area contributed by atoms with Crippen molar-refractivity contribution < 1.29 is 0 Å². The highest BCUT2D eigenvalue weighted by Gasteiger charge is 2.45. The van der Waals surface area contributed by atoms with Crippen LogP contribution in [0.4, 0.5) is 34.1 Å². The Morgan fingerprint density at radius 1 is 0.232 bits per heavy atom. The summed E-state index contributed by atoms with van der Waals surface area (Å²) in [7, 11) is 0. The van der Waals surface area contributed by atoms with Crippen LogP contribution in [-0.4, -0.2) is 6.71 Å². The molecule has 0 aliphatic carbocycles. The summed E-state index contributed by atoms with van der Waals surface area (Å²) in [5.74, 6) is 0. The van der Waals surface area contributed by atoms with Gasteiger partial charge in [0.2, 0.25) is 0 Å². The molecule has 0 unspecified atom stereocenters. The van der Waals surface area contributed by atoms with Gasteiger partial charge in [0.1, 0.15) is 0 Å².